The summed E-state index contributed by atoms with van der Waals surface area (Å²) in [6.07, 6.45) is 3.57. The molecule has 0 radical (unpaired) electrons. The van der Waals surface area contributed by atoms with Crippen LogP contribution in [0.1, 0.15) is 29.3 Å². The number of carbonyl (C=O) groups is 1. The van der Waals surface area contributed by atoms with Crippen molar-refractivity contribution in [2.75, 3.05) is 5.75 Å². The van der Waals surface area contributed by atoms with Crippen molar-refractivity contribution in [2.24, 2.45) is 0 Å². The molecule has 0 atom stereocenters. The van der Waals surface area contributed by atoms with Gasteiger partial charge >= 0.3 is 0 Å². The molecular formula is C16H17NO2S. The van der Waals surface area contributed by atoms with Crippen molar-refractivity contribution in [3.05, 3.63) is 65.0 Å². The van der Waals surface area contributed by atoms with Crippen LogP contribution in [0, 0.1) is 5.21 Å². The van der Waals surface area contributed by atoms with Crippen LogP contribution in [0.4, 0.5) is 0 Å². The van der Waals surface area contributed by atoms with Gasteiger partial charge in [-0.25, -0.2) is 0 Å². The fraction of sp³-hybridized carbons (Fsp3) is 0.250. The van der Waals surface area contributed by atoms with E-state index < -0.39 is 0 Å². The number of benzene rings is 1. The lowest BCUT2D eigenvalue weighted by atomic mass is 10.1. The Hall–Kier alpha value is -1.81. The number of hydrogen-bond donors (Lipinski definition) is 0. The lowest BCUT2D eigenvalue weighted by Gasteiger charge is -2.04. The number of rotatable bonds is 6. The first-order valence-corrected chi connectivity index (χ1v) is 7.62. The number of nitrogens with zero attached hydrogens (tertiary/aromatic N) is 1. The van der Waals surface area contributed by atoms with Crippen molar-refractivity contribution in [3.63, 3.8) is 0 Å². The number of Topliss-reactive ketones (excluding diaryl/α,β-unsaturated/α-hetero) is 1. The average Bonchev–Trinajstić information content (AvgIpc) is 2.47. The van der Waals surface area contributed by atoms with Crippen LogP contribution in [-0.4, -0.2) is 11.5 Å². The summed E-state index contributed by atoms with van der Waals surface area (Å²) in [5, 5.41) is 12.0. The molecule has 0 aliphatic heterocycles. The molecule has 0 saturated carbocycles. The van der Waals surface area contributed by atoms with Gasteiger partial charge in [0.1, 0.15) is 0 Å². The van der Waals surface area contributed by atoms with E-state index in [-0.39, 0.29) is 11.5 Å². The summed E-state index contributed by atoms with van der Waals surface area (Å²) >= 11 is 1.27. The van der Waals surface area contributed by atoms with Crippen LogP contribution in [0.3, 0.4) is 0 Å². The van der Waals surface area contributed by atoms with Crippen molar-refractivity contribution in [2.45, 2.75) is 24.8 Å². The van der Waals surface area contributed by atoms with Crippen molar-refractivity contribution in [1.82, 2.24) is 0 Å². The molecule has 4 heteroatoms. The van der Waals surface area contributed by atoms with E-state index in [9.17, 15) is 10.0 Å². The van der Waals surface area contributed by atoms with Gasteiger partial charge in [0.15, 0.2) is 12.0 Å². The monoisotopic (exact) mass is 287 g/mol. The third-order valence-corrected chi connectivity index (χ3v) is 3.97. The molecule has 0 aliphatic rings. The zero-order valence-corrected chi connectivity index (χ0v) is 12.2. The highest BCUT2D eigenvalue weighted by Gasteiger charge is 2.10. The first kappa shape index (κ1) is 14.6. The molecule has 0 bridgehead atoms. The Labute approximate surface area is 123 Å². The normalized spacial score (nSPS) is 10.4. The SMILES string of the molecule is CCCc1ccc(C(=O)CSc2cccc[n+]2[O-])cc1. The Bertz CT molecular complexity index is 581. The Morgan fingerprint density at radius 3 is 2.60 bits per heavy atom. The molecule has 0 amide bonds. The van der Waals surface area contributed by atoms with Crippen LogP contribution < -0.4 is 4.73 Å². The van der Waals surface area contributed by atoms with Gasteiger partial charge < -0.3 is 5.21 Å². The van der Waals surface area contributed by atoms with E-state index in [1.54, 1.807) is 18.2 Å². The van der Waals surface area contributed by atoms with Gasteiger partial charge in [-0.05, 0) is 29.8 Å². The maximum Gasteiger partial charge on any atom is 0.251 e. The minimum absolute atomic E-state index is 0.0434. The molecule has 1 aromatic heterocycles. The summed E-state index contributed by atoms with van der Waals surface area (Å²) in [5.41, 5.74) is 1.95. The van der Waals surface area contributed by atoms with Crippen molar-refractivity contribution >= 4 is 17.5 Å². The van der Waals surface area contributed by atoms with Gasteiger partial charge in [0, 0.05) is 17.7 Å². The summed E-state index contributed by atoms with van der Waals surface area (Å²) in [4.78, 5) is 12.1. The van der Waals surface area contributed by atoms with Gasteiger partial charge in [0.25, 0.3) is 5.03 Å². The van der Waals surface area contributed by atoms with E-state index in [0.717, 1.165) is 17.6 Å². The van der Waals surface area contributed by atoms with Crippen molar-refractivity contribution < 1.29 is 9.52 Å². The predicted molar refractivity (Wildman–Crippen MR) is 80.9 cm³/mol. The van der Waals surface area contributed by atoms with Crippen LogP contribution in [0.5, 0.6) is 0 Å². The van der Waals surface area contributed by atoms with Gasteiger partial charge in [-0.3, -0.25) is 4.79 Å². The summed E-state index contributed by atoms with van der Waals surface area (Å²) in [7, 11) is 0. The van der Waals surface area contributed by atoms with Crippen molar-refractivity contribution in [3.8, 4) is 0 Å². The topological polar surface area (TPSA) is 44.0 Å². The smallest absolute Gasteiger partial charge is 0.251 e. The highest BCUT2D eigenvalue weighted by atomic mass is 32.2. The van der Waals surface area contributed by atoms with Crippen LogP contribution in [-0.2, 0) is 6.42 Å². The number of ketones is 1. The first-order chi connectivity index (χ1) is 9.70. The average molecular weight is 287 g/mol. The molecule has 0 N–H and O–H groups in total. The lowest BCUT2D eigenvalue weighted by Crippen LogP contribution is -2.28. The largest absolute Gasteiger partial charge is 0.618 e. The maximum atomic E-state index is 12.1. The Morgan fingerprint density at radius 1 is 1.20 bits per heavy atom. The molecule has 2 aromatic rings. The molecule has 3 nitrogen and oxygen atoms in total. The zero-order chi connectivity index (χ0) is 14.4. The Balaban J connectivity index is 1.96. The minimum Gasteiger partial charge on any atom is -0.618 e. The van der Waals surface area contributed by atoms with Crippen LogP contribution in [0.25, 0.3) is 0 Å². The lowest BCUT2D eigenvalue weighted by molar-refractivity contribution is -0.645. The van der Waals surface area contributed by atoms with E-state index in [2.05, 4.69) is 6.92 Å². The van der Waals surface area contributed by atoms with Gasteiger partial charge in [-0.1, -0.05) is 37.6 Å². The molecule has 0 fully saturated rings. The Morgan fingerprint density at radius 2 is 1.95 bits per heavy atom. The third-order valence-electron chi connectivity index (χ3n) is 2.95. The number of aryl methyl sites for hydroxylation is 1. The Kier molecular flexibility index (Phi) is 5.18. The van der Waals surface area contributed by atoms with E-state index in [4.69, 9.17) is 0 Å². The molecule has 1 aromatic carbocycles. The summed E-state index contributed by atoms with van der Waals surface area (Å²) in [6, 6.07) is 12.9. The number of hydrogen-bond acceptors (Lipinski definition) is 3. The van der Waals surface area contributed by atoms with Crippen LogP contribution in [0.2, 0.25) is 0 Å². The molecule has 0 spiro atoms. The quantitative estimate of drug-likeness (QED) is 0.354. The molecule has 0 saturated heterocycles. The van der Waals surface area contributed by atoms with Gasteiger partial charge in [0.05, 0.1) is 5.75 Å². The predicted octanol–water partition coefficient (Wildman–Crippen LogP) is 3.25. The van der Waals surface area contributed by atoms with Gasteiger partial charge in [-0.2, -0.15) is 4.73 Å². The minimum atomic E-state index is 0.0434. The molecule has 20 heavy (non-hydrogen) atoms. The fourth-order valence-corrected chi connectivity index (χ4v) is 2.70. The molecule has 2 rings (SSSR count). The molecule has 0 aliphatic carbocycles. The van der Waals surface area contributed by atoms with Crippen molar-refractivity contribution in [1.29, 1.82) is 0 Å². The van der Waals surface area contributed by atoms with E-state index in [1.165, 1.54) is 23.5 Å². The third kappa shape index (κ3) is 3.84. The number of thioether (sulfide) groups is 1. The molecule has 0 unspecified atom stereocenters. The molecular weight excluding hydrogens is 270 g/mol. The van der Waals surface area contributed by atoms with Gasteiger partial charge in [0.2, 0.25) is 0 Å². The van der Waals surface area contributed by atoms with E-state index >= 15 is 0 Å². The second kappa shape index (κ2) is 7.10. The van der Waals surface area contributed by atoms with E-state index in [1.807, 2.05) is 24.3 Å². The standard InChI is InChI=1S/C16H17NO2S/c1-2-5-13-7-9-14(10-8-13)15(18)12-20-16-6-3-4-11-17(16)19/h3-4,6-11H,2,5,12H2,1H3. The first-order valence-electron chi connectivity index (χ1n) is 6.64. The van der Waals surface area contributed by atoms with Crippen LogP contribution >= 0.6 is 11.8 Å². The van der Waals surface area contributed by atoms with Crippen LogP contribution in [0.15, 0.2) is 53.7 Å². The second-order valence-electron chi connectivity index (χ2n) is 4.52. The van der Waals surface area contributed by atoms with E-state index in [0.29, 0.717) is 10.6 Å². The fourth-order valence-electron chi connectivity index (χ4n) is 1.89. The molecule has 1 heterocycles. The summed E-state index contributed by atoms with van der Waals surface area (Å²) in [5.74, 6) is 0.321. The zero-order valence-electron chi connectivity index (χ0n) is 11.4. The second-order valence-corrected chi connectivity index (χ2v) is 5.52. The number of pyridine rings is 1. The number of aromatic nitrogens is 1. The maximum absolute atomic E-state index is 12.1. The molecule has 104 valence electrons. The summed E-state index contributed by atoms with van der Waals surface area (Å²) < 4.78 is 0.780. The highest BCUT2D eigenvalue weighted by Crippen LogP contribution is 2.15. The van der Waals surface area contributed by atoms with Gasteiger partial charge in [-0.15, -0.1) is 0 Å². The number of carbonyl (C=O) groups excluding carboxylic acids is 1. The summed E-state index contributed by atoms with van der Waals surface area (Å²) in [6.45, 7) is 2.13. The highest BCUT2D eigenvalue weighted by molar-refractivity contribution is 7.99.